The molecule has 0 aliphatic rings. The normalized spacial score (nSPS) is 17.6. The lowest BCUT2D eigenvalue weighted by Gasteiger charge is -2.04. The van der Waals surface area contributed by atoms with Crippen molar-refractivity contribution in [1.29, 1.82) is 0 Å². The second kappa shape index (κ2) is 3.19. The molecule has 0 aliphatic heterocycles. The SMILES string of the molecule is [2H]C([2H])([2H])[C@H](C(=O)O)c1ccccc1. The molecule has 1 aromatic carbocycles. The number of hydrogen-bond donors (Lipinski definition) is 1. The monoisotopic (exact) mass is 153 g/mol. The molecule has 2 heteroatoms. The van der Waals surface area contributed by atoms with Gasteiger partial charge in [0.05, 0.1) is 5.92 Å². The van der Waals surface area contributed by atoms with E-state index in [1.54, 1.807) is 18.2 Å². The fourth-order valence-corrected chi connectivity index (χ4v) is 0.788. The minimum Gasteiger partial charge on any atom is -0.481 e. The van der Waals surface area contributed by atoms with Crippen LogP contribution in [0.25, 0.3) is 0 Å². The quantitative estimate of drug-likeness (QED) is 0.704. The van der Waals surface area contributed by atoms with Crippen LogP contribution in [0.5, 0.6) is 0 Å². The van der Waals surface area contributed by atoms with Crippen LogP contribution >= 0.6 is 0 Å². The molecule has 0 heterocycles. The van der Waals surface area contributed by atoms with Gasteiger partial charge >= 0.3 is 5.97 Å². The molecule has 1 rings (SSSR count). The first kappa shape index (κ1) is 4.54. The van der Waals surface area contributed by atoms with Gasteiger partial charge in [0.15, 0.2) is 0 Å². The van der Waals surface area contributed by atoms with E-state index >= 15 is 0 Å². The lowest BCUT2D eigenvalue weighted by atomic mass is 10.0. The van der Waals surface area contributed by atoms with Crippen LogP contribution in [0.1, 0.15) is 22.4 Å². The molecule has 0 radical (unpaired) electrons. The Morgan fingerprint density at radius 1 is 1.55 bits per heavy atom. The first-order valence-corrected chi connectivity index (χ1v) is 3.20. The fourth-order valence-electron chi connectivity index (χ4n) is 0.788. The Morgan fingerprint density at radius 3 is 2.64 bits per heavy atom. The van der Waals surface area contributed by atoms with Gasteiger partial charge in [0.1, 0.15) is 0 Å². The zero-order valence-electron chi connectivity index (χ0n) is 8.82. The van der Waals surface area contributed by atoms with Gasteiger partial charge in [-0.15, -0.1) is 0 Å². The zero-order chi connectivity index (χ0) is 10.8. The topological polar surface area (TPSA) is 37.3 Å². The lowest BCUT2D eigenvalue weighted by molar-refractivity contribution is -0.138. The number of carboxylic acid groups (broad SMARTS) is 1. The molecular formula is C9H10O2. The molecular weight excluding hydrogens is 140 g/mol. The Kier molecular flexibility index (Phi) is 1.32. The molecule has 0 unspecified atom stereocenters. The summed E-state index contributed by atoms with van der Waals surface area (Å²) in [4.78, 5) is 10.8. The third-order valence-corrected chi connectivity index (χ3v) is 1.38. The predicted molar refractivity (Wildman–Crippen MR) is 42.5 cm³/mol. The highest BCUT2D eigenvalue weighted by atomic mass is 16.4. The number of rotatable bonds is 2. The van der Waals surface area contributed by atoms with Crippen LogP contribution in [0.2, 0.25) is 0 Å². The van der Waals surface area contributed by atoms with Gasteiger partial charge in [-0.3, -0.25) is 4.79 Å². The Balaban J connectivity index is 3.08. The molecule has 0 amide bonds. The third kappa shape index (κ3) is 1.80. The summed E-state index contributed by atoms with van der Waals surface area (Å²) in [6, 6.07) is 7.96. The number of hydrogen-bond acceptors (Lipinski definition) is 1. The van der Waals surface area contributed by atoms with Crippen molar-refractivity contribution in [3.8, 4) is 0 Å². The standard InChI is InChI=1S/C9H10O2/c1-7(9(10)11)8-5-3-2-4-6-8/h2-7H,1H3,(H,10,11)/t7-/m0/s1/i1D3. The Labute approximate surface area is 69.7 Å². The smallest absolute Gasteiger partial charge is 0.310 e. The highest BCUT2D eigenvalue weighted by molar-refractivity contribution is 5.75. The first-order chi connectivity index (χ1) is 6.43. The maximum absolute atomic E-state index is 10.8. The molecule has 1 N–H and O–H groups in total. The number of carbonyl (C=O) groups is 1. The van der Waals surface area contributed by atoms with Crippen molar-refractivity contribution in [2.45, 2.75) is 12.8 Å². The summed E-state index contributed by atoms with van der Waals surface area (Å²) in [5.41, 5.74) is 0.306. The summed E-state index contributed by atoms with van der Waals surface area (Å²) >= 11 is 0. The fraction of sp³-hybridized carbons (Fsp3) is 0.222. The van der Waals surface area contributed by atoms with Crippen molar-refractivity contribution in [1.82, 2.24) is 0 Å². The second-order valence-corrected chi connectivity index (χ2v) is 2.18. The van der Waals surface area contributed by atoms with Gasteiger partial charge in [0.25, 0.3) is 0 Å². The van der Waals surface area contributed by atoms with Crippen LogP contribution in [0, 0.1) is 0 Å². The Morgan fingerprint density at radius 2 is 2.18 bits per heavy atom. The summed E-state index contributed by atoms with van der Waals surface area (Å²) in [5, 5.41) is 8.80. The summed E-state index contributed by atoms with van der Waals surface area (Å²) in [7, 11) is 0. The van der Waals surface area contributed by atoms with Crippen molar-refractivity contribution in [2.24, 2.45) is 0 Å². The zero-order valence-corrected chi connectivity index (χ0v) is 5.82. The lowest BCUT2D eigenvalue weighted by Crippen LogP contribution is -2.06. The Bertz CT molecular complexity index is 319. The summed E-state index contributed by atoms with van der Waals surface area (Å²) in [6.45, 7) is -2.51. The van der Waals surface area contributed by atoms with Gasteiger partial charge in [-0.1, -0.05) is 30.3 Å². The number of benzene rings is 1. The Hall–Kier alpha value is -1.31. The van der Waals surface area contributed by atoms with E-state index in [1.807, 2.05) is 0 Å². The van der Waals surface area contributed by atoms with E-state index in [2.05, 4.69) is 0 Å². The molecule has 0 saturated carbocycles. The highest BCUT2D eigenvalue weighted by Gasteiger charge is 2.11. The molecule has 0 bridgehead atoms. The number of aliphatic carboxylic acids is 1. The molecule has 1 aromatic rings. The van der Waals surface area contributed by atoms with E-state index in [-0.39, 0.29) is 0 Å². The van der Waals surface area contributed by atoms with E-state index in [4.69, 9.17) is 9.22 Å². The van der Waals surface area contributed by atoms with Gasteiger partial charge in [0, 0.05) is 4.11 Å². The van der Waals surface area contributed by atoms with Crippen LogP contribution in [0.4, 0.5) is 0 Å². The van der Waals surface area contributed by atoms with Gasteiger partial charge in [0.2, 0.25) is 0 Å². The van der Waals surface area contributed by atoms with Crippen LogP contribution in [0.15, 0.2) is 30.3 Å². The predicted octanol–water partition coefficient (Wildman–Crippen LogP) is 1.87. The molecule has 2 nitrogen and oxygen atoms in total. The molecule has 0 aliphatic carbocycles. The van der Waals surface area contributed by atoms with Crippen LogP contribution in [-0.4, -0.2) is 11.1 Å². The van der Waals surface area contributed by atoms with Crippen molar-refractivity contribution >= 4 is 5.97 Å². The number of carboxylic acids is 1. The van der Waals surface area contributed by atoms with E-state index in [9.17, 15) is 4.79 Å². The molecule has 11 heavy (non-hydrogen) atoms. The summed E-state index contributed by atoms with van der Waals surface area (Å²) < 4.78 is 21.3. The maximum atomic E-state index is 10.8. The van der Waals surface area contributed by atoms with Crippen molar-refractivity contribution in [3.63, 3.8) is 0 Å². The highest BCUT2D eigenvalue weighted by Crippen LogP contribution is 2.13. The van der Waals surface area contributed by atoms with Crippen LogP contribution in [0.3, 0.4) is 0 Å². The van der Waals surface area contributed by atoms with Gasteiger partial charge in [-0.25, -0.2) is 0 Å². The third-order valence-electron chi connectivity index (χ3n) is 1.38. The summed E-state index contributed by atoms with van der Waals surface area (Å²) in [5.74, 6) is -2.76. The van der Waals surface area contributed by atoms with Crippen molar-refractivity contribution in [2.75, 3.05) is 0 Å². The van der Waals surface area contributed by atoms with Crippen LogP contribution in [-0.2, 0) is 4.79 Å². The van der Waals surface area contributed by atoms with Crippen molar-refractivity contribution in [3.05, 3.63) is 35.9 Å². The molecule has 0 spiro atoms. The average molecular weight is 153 g/mol. The molecule has 0 saturated heterocycles. The van der Waals surface area contributed by atoms with E-state index in [0.717, 1.165) is 0 Å². The van der Waals surface area contributed by atoms with Crippen molar-refractivity contribution < 1.29 is 14.0 Å². The summed E-state index contributed by atoms with van der Waals surface area (Å²) in [6.07, 6.45) is 0. The van der Waals surface area contributed by atoms with Gasteiger partial charge in [-0.05, 0) is 12.4 Å². The van der Waals surface area contributed by atoms with Gasteiger partial charge in [-0.2, -0.15) is 0 Å². The van der Waals surface area contributed by atoms with E-state index in [0.29, 0.717) is 5.56 Å². The first-order valence-electron chi connectivity index (χ1n) is 4.70. The van der Waals surface area contributed by atoms with E-state index in [1.165, 1.54) is 12.1 Å². The minimum atomic E-state index is -2.51. The molecule has 58 valence electrons. The van der Waals surface area contributed by atoms with Crippen LogP contribution < -0.4 is 0 Å². The largest absolute Gasteiger partial charge is 0.481 e. The molecule has 0 aromatic heterocycles. The van der Waals surface area contributed by atoms with Gasteiger partial charge < -0.3 is 5.11 Å². The second-order valence-electron chi connectivity index (χ2n) is 2.18. The maximum Gasteiger partial charge on any atom is 0.310 e. The average Bonchev–Trinajstić information content (AvgIpc) is 2.02. The minimum absolute atomic E-state index is 0.306. The van der Waals surface area contributed by atoms with E-state index < -0.39 is 18.7 Å². The molecule has 1 atom stereocenters. The molecule has 0 fully saturated rings.